The molecule has 0 spiro atoms. The van der Waals surface area contributed by atoms with Crippen molar-refractivity contribution in [2.24, 2.45) is 0 Å². The van der Waals surface area contributed by atoms with Crippen LogP contribution in [0.1, 0.15) is 5.56 Å². The third kappa shape index (κ3) is 3.86. The van der Waals surface area contributed by atoms with Gasteiger partial charge in [0.25, 0.3) is 11.8 Å². The van der Waals surface area contributed by atoms with Crippen LogP contribution in [0.25, 0.3) is 6.08 Å². The van der Waals surface area contributed by atoms with Gasteiger partial charge in [0, 0.05) is 5.02 Å². The molecule has 2 aromatic rings. The Morgan fingerprint density at radius 1 is 1.25 bits per heavy atom. The van der Waals surface area contributed by atoms with Gasteiger partial charge >= 0.3 is 0 Å². The minimum atomic E-state index is -0.653. The summed E-state index contributed by atoms with van der Waals surface area (Å²) in [6, 6.07) is 7.58. The number of hydrogen-bond donors (Lipinski definition) is 2. The SMILES string of the molecule is COc1cc(/C=C2\C(=O)NC(=S)N(c3ccc(Cl)cc3Cl)C2=O)cc(Br)c1O. The maximum Gasteiger partial charge on any atom is 0.270 e. The predicted molar refractivity (Wildman–Crippen MR) is 115 cm³/mol. The molecule has 0 atom stereocenters. The average Bonchev–Trinajstić information content (AvgIpc) is 2.63. The van der Waals surface area contributed by atoms with Crippen LogP contribution in [0.3, 0.4) is 0 Å². The number of nitrogens with one attached hydrogen (secondary N) is 1. The molecule has 0 aliphatic carbocycles. The zero-order valence-electron chi connectivity index (χ0n) is 14.1. The molecule has 1 aliphatic heterocycles. The summed E-state index contributed by atoms with van der Waals surface area (Å²) in [5, 5.41) is 12.9. The fourth-order valence-corrected chi connectivity index (χ4v) is 3.76. The van der Waals surface area contributed by atoms with Gasteiger partial charge in [0.1, 0.15) is 5.57 Å². The summed E-state index contributed by atoms with van der Waals surface area (Å²) in [4.78, 5) is 26.5. The van der Waals surface area contributed by atoms with Crippen molar-refractivity contribution in [3.8, 4) is 11.5 Å². The molecule has 0 aromatic heterocycles. The van der Waals surface area contributed by atoms with Crippen molar-refractivity contribution in [1.82, 2.24) is 5.32 Å². The summed E-state index contributed by atoms with van der Waals surface area (Å²) in [7, 11) is 1.39. The van der Waals surface area contributed by atoms with Gasteiger partial charge in [-0.2, -0.15) is 0 Å². The van der Waals surface area contributed by atoms with E-state index in [1.165, 1.54) is 37.5 Å². The largest absolute Gasteiger partial charge is 0.503 e. The lowest BCUT2D eigenvalue weighted by Gasteiger charge is -2.29. The maximum atomic E-state index is 13.0. The minimum Gasteiger partial charge on any atom is -0.503 e. The Labute approximate surface area is 183 Å². The first-order valence-corrected chi connectivity index (χ1v) is 9.61. The first-order valence-electron chi connectivity index (χ1n) is 7.66. The molecule has 3 rings (SSSR count). The summed E-state index contributed by atoms with van der Waals surface area (Å²) in [6.45, 7) is 0. The Morgan fingerprint density at radius 2 is 1.96 bits per heavy atom. The quantitative estimate of drug-likeness (QED) is 0.372. The number of ether oxygens (including phenoxy) is 1. The van der Waals surface area contributed by atoms with Gasteiger partial charge < -0.3 is 9.84 Å². The van der Waals surface area contributed by atoms with Gasteiger partial charge in [-0.05, 0) is 70.1 Å². The van der Waals surface area contributed by atoms with Crippen LogP contribution in [0.15, 0.2) is 40.4 Å². The number of thiocarbonyl (C=S) groups is 1. The van der Waals surface area contributed by atoms with Crippen molar-refractivity contribution in [3.05, 3.63) is 56.0 Å². The van der Waals surface area contributed by atoms with Crippen LogP contribution in [0.2, 0.25) is 10.0 Å². The molecule has 2 amide bonds. The van der Waals surface area contributed by atoms with E-state index in [9.17, 15) is 14.7 Å². The average molecular weight is 502 g/mol. The molecule has 0 bridgehead atoms. The maximum absolute atomic E-state index is 13.0. The molecule has 1 heterocycles. The molecule has 144 valence electrons. The van der Waals surface area contributed by atoms with Crippen molar-refractivity contribution >= 4 is 80.0 Å². The lowest BCUT2D eigenvalue weighted by atomic mass is 10.1. The second-order valence-electron chi connectivity index (χ2n) is 5.61. The number of halogens is 3. The van der Waals surface area contributed by atoms with E-state index < -0.39 is 11.8 Å². The standard InChI is InChI=1S/C18H11BrCl2N2O4S/c1-27-14-6-8(5-11(19)15(14)24)4-10-16(25)22-18(28)23(17(10)26)13-3-2-9(20)7-12(13)21/h2-7,24H,1H3,(H,22,25,28)/b10-4+. The van der Waals surface area contributed by atoms with E-state index in [4.69, 9.17) is 40.2 Å². The third-order valence-corrected chi connectivity index (χ3v) is 5.26. The number of carbonyl (C=O) groups is 2. The predicted octanol–water partition coefficient (Wildman–Crippen LogP) is 4.30. The van der Waals surface area contributed by atoms with E-state index in [0.29, 0.717) is 15.1 Å². The van der Waals surface area contributed by atoms with Gasteiger partial charge in [0.2, 0.25) is 0 Å². The number of anilines is 1. The van der Waals surface area contributed by atoms with E-state index in [-0.39, 0.29) is 32.9 Å². The van der Waals surface area contributed by atoms with E-state index in [2.05, 4.69) is 21.2 Å². The topological polar surface area (TPSA) is 78.9 Å². The molecule has 0 radical (unpaired) electrons. The van der Waals surface area contributed by atoms with Crippen molar-refractivity contribution in [2.75, 3.05) is 12.0 Å². The van der Waals surface area contributed by atoms with E-state index >= 15 is 0 Å². The van der Waals surface area contributed by atoms with Gasteiger partial charge in [-0.15, -0.1) is 0 Å². The first-order chi connectivity index (χ1) is 13.2. The highest BCUT2D eigenvalue weighted by molar-refractivity contribution is 9.10. The Bertz CT molecular complexity index is 1060. The number of hydrogen-bond acceptors (Lipinski definition) is 5. The molecule has 1 aliphatic rings. The van der Waals surface area contributed by atoms with Gasteiger partial charge in [-0.3, -0.25) is 19.8 Å². The molecule has 10 heteroatoms. The number of amides is 2. The molecule has 28 heavy (non-hydrogen) atoms. The van der Waals surface area contributed by atoms with Crippen LogP contribution < -0.4 is 15.0 Å². The van der Waals surface area contributed by atoms with Crippen LogP contribution in [-0.4, -0.2) is 29.1 Å². The van der Waals surface area contributed by atoms with Gasteiger partial charge in [-0.25, -0.2) is 0 Å². The number of benzene rings is 2. The van der Waals surface area contributed by atoms with Crippen molar-refractivity contribution in [2.45, 2.75) is 0 Å². The number of rotatable bonds is 3. The minimum absolute atomic E-state index is 0.0964. The summed E-state index contributed by atoms with van der Waals surface area (Å²) in [5.41, 5.74) is 0.575. The highest BCUT2D eigenvalue weighted by Gasteiger charge is 2.35. The van der Waals surface area contributed by atoms with Crippen LogP contribution in [-0.2, 0) is 9.59 Å². The Hall–Kier alpha value is -2.13. The van der Waals surface area contributed by atoms with Gasteiger partial charge in [0.05, 0.1) is 22.3 Å². The molecule has 6 nitrogen and oxygen atoms in total. The molecular weight excluding hydrogens is 491 g/mol. The summed E-state index contributed by atoms with van der Waals surface area (Å²) < 4.78 is 5.43. The number of aromatic hydroxyl groups is 1. The smallest absolute Gasteiger partial charge is 0.270 e. The Morgan fingerprint density at radius 3 is 2.61 bits per heavy atom. The fraction of sp³-hybridized carbons (Fsp3) is 0.0556. The lowest BCUT2D eigenvalue weighted by molar-refractivity contribution is -0.122. The zero-order valence-corrected chi connectivity index (χ0v) is 18.0. The highest BCUT2D eigenvalue weighted by atomic mass is 79.9. The summed E-state index contributed by atoms with van der Waals surface area (Å²) in [5.74, 6) is -1.22. The zero-order chi connectivity index (χ0) is 20.6. The van der Waals surface area contributed by atoms with Crippen molar-refractivity contribution in [1.29, 1.82) is 0 Å². The van der Waals surface area contributed by atoms with Crippen LogP contribution in [0.4, 0.5) is 5.69 Å². The summed E-state index contributed by atoms with van der Waals surface area (Å²) >= 11 is 20.4. The van der Waals surface area contributed by atoms with Crippen LogP contribution >= 0.6 is 51.3 Å². The molecule has 2 aromatic carbocycles. The molecule has 0 saturated carbocycles. The molecule has 0 unspecified atom stereocenters. The molecule has 1 fully saturated rings. The van der Waals surface area contributed by atoms with Crippen LogP contribution in [0, 0.1) is 0 Å². The van der Waals surface area contributed by atoms with Crippen molar-refractivity contribution in [3.63, 3.8) is 0 Å². The number of phenolic OH excluding ortho intramolecular Hbond substituents is 1. The van der Waals surface area contributed by atoms with Gasteiger partial charge in [0.15, 0.2) is 16.6 Å². The fourth-order valence-electron chi connectivity index (χ4n) is 2.54. The molecular formula is C18H11BrCl2N2O4S. The second kappa shape index (κ2) is 8.08. The molecule has 1 saturated heterocycles. The Kier molecular flexibility index (Phi) is 5.95. The van der Waals surface area contributed by atoms with Gasteiger partial charge in [-0.1, -0.05) is 23.2 Å². The first kappa shape index (κ1) is 20.6. The second-order valence-corrected chi connectivity index (χ2v) is 7.69. The summed E-state index contributed by atoms with van der Waals surface area (Å²) in [6.07, 6.45) is 1.36. The van der Waals surface area contributed by atoms with E-state index in [1.807, 2.05) is 0 Å². The van der Waals surface area contributed by atoms with Crippen molar-refractivity contribution < 1.29 is 19.4 Å². The monoisotopic (exact) mass is 500 g/mol. The Balaban J connectivity index is 2.08. The number of carbonyl (C=O) groups excluding carboxylic acids is 2. The van der Waals surface area contributed by atoms with Crippen LogP contribution in [0.5, 0.6) is 11.5 Å². The third-order valence-electron chi connectivity index (χ3n) is 3.83. The normalized spacial score (nSPS) is 15.8. The number of nitrogens with zero attached hydrogens (tertiary/aromatic N) is 1. The lowest BCUT2D eigenvalue weighted by Crippen LogP contribution is -2.54. The molecule has 2 N–H and O–H groups in total. The van der Waals surface area contributed by atoms with E-state index in [1.54, 1.807) is 6.07 Å². The number of methoxy groups -OCH3 is 1. The number of phenols is 1. The highest BCUT2D eigenvalue weighted by Crippen LogP contribution is 2.36. The van der Waals surface area contributed by atoms with E-state index in [0.717, 1.165) is 4.90 Å².